The lowest BCUT2D eigenvalue weighted by atomic mass is 10.2. The molecule has 1 aliphatic rings. The summed E-state index contributed by atoms with van der Waals surface area (Å²) in [4.78, 5) is 4.15. The minimum absolute atomic E-state index is 0.332. The zero-order valence-electron chi connectivity index (χ0n) is 8.50. The molecule has 80 valence electrons. The van der Waals surface area contributed by atoms with E-state index in [1.807, 2.05) is 6.08 Å². The third-order valence-corrected chi connectivity index (χ3v) is 2.09. The van der Waals surface area contributed by atoms with Crippen molar-refractivity contribution in [3.05, 3.63) is 12.7 Å². The standard InChI is InChI=1S/C10H19N3O/c1-2-3-4-5-6-11-10-12-7-9(14)8-13-10/h2,9,14H,1,3-8H2,(H2,11,12,13). The van der Waals surface area contributed by atoms with Crippen LogP contribution in [0.3, 0.4) is 0 Å². The number of hydrogen-bond donors (Lipinski definition) is 3. The number of hydrogen-bond acceptors (Lipinski definition) is 4. The van der Waals surface area contributed by atoms with Crippen molar-refractivity contribution >= 4 is 5.96 Å². The fraction of sp³-hybridized carbons (Fsp3) is 0.700. The van der Waals surface area contributed by atoms with Crippen molar-refractivity contribution in [2.24, 2.45) is 4.99 Å². The van der Waals surface area contributed by atoms with E-state index < -0.39 is 0 Å². The summed E-state index contributed by atoms with van der Waals surface area (Å²) < 4.78 is 0. The largest absolute Gasteiger partial charge is 0.389 e. The number of nitrogens with one attached hydrogen (secondary N) is 2. The van der Waals surface area contributed by atoms with E-state index in [4.69, 9.17) is 5.11 Å². The van der Waals surface area contributed by atoms with E-state index in [0.717, 1.165) is 31.8 Å². The highest BCUT2D eigenvalue weighted by Gasteiger charge is 2.10. The number of nitrogens with zero attached hydrogens (tertiary/aromatic N) is 1. The number of aliphatic hydroxyl groups excluding tert-OH is 1. The summed E-state index contributed by atoms with van der Waals surface area (Å²) in [6, 6.07) is 0. The van der Waals surface area contributed by atoms with Gasteiger partial charge in [-0.2, -0.15) is 0 Å². The van der Waals surface area contributed by atoms with E-state index in [1.54, 1.807) is 0 Å². The van der Waals surface area contributed by atoms with E-state index in [1.165, 1.54) is 0 Å². The van der Waals surface area contributed by atoms with Gasteiger partial charge in [0.2, 0.25) is 0 Å². The summed E-state index contributed by atoms with van der Waals surface area (Å²) in [5, 5.41) is 15.4. The molecule has 0 fully saturated rings. The number of guanidine groups is 1. The van der Waals surface area contributed by atoms with Crippen molar-refractivity contribution in [1.29, 1.82) is 0 Å². The summed E-state index contributed by atoms with van der Waals surface area (Å²) >= 11 is 0. The second-order valence-corrected chi connectivity index (χ2v) is 3.44. The Kier molecular flexibility index (Phi) is 5.07. The molecular weight excluding hydrogens is 178 g/mol. The molecule has 0 aromatic carbocycles. The van der Waals surface area contributed by atoms with Crippen LogP contribution < -0.4 is 10.6 Å². The van der Waals surface area contributed by atoms with E-state index in [-0.39, 0.29) is 6.10 Å². The first kappa shape index (κ1) is 11.0. The SMILES string of the molecule is C=CCCCCNC1=NCC(O)CN1. The van der Waals surface area contributed by atoms with Crippen LogP contribution in [0.25, 0.3) is 0 Å². The third kappa shape index (κ3) is 4.28. The predicted octanol–water partition coefficient (Wildman–Crippen LogP) is 0.252. The van der Waals surface area contributed by atoms with Gasteiger partial charge in [0.05, 0.1) is 12.6 Å². The van der Waals surface area contributed by atoms with Gasteiger partial charge in [-0.3, -0.25) is 4.99 Å². The van der Waals surface area contributed by atoms with Crippen molar-refractivity contribution in [3.8, 4) is 0 Å². The van der Waals surface area contributed by atoms with Crippen LogP contribution in [0.2, 0.25) is 0 Å². The maximum absolute atomic E-state index is 9.16. The van der Waals surface area contributed by atoms with Gasteiger partial charge in [0.1, 0.15) is 0 Å². The highest BCUT2D eigenvalue weighted by atomic mass is 16.3. The van der Waals surface area contributed by atoms with Crippen molar-refractivity contribution in [2.45, 2.75) is 25.4 Å². The Bertz CT molecular complexity index is 204. The summed E-state index contributed by atoms with van der Waals surface area (Å²) in [5.74, 6) is 0.814. The molecule has 3 N–H and O–H groups in total. The minimum Gasteiger partial charge on any atom is -0.389 e. The van der Waals surface area contributed by atoms with Crippen molar-refractivity contribution in [2.75, 3.05) is 19.6 Å². The molecule has 4 heteroatoms. The zero-order chi connectivity index (χ0) is 10.2. The number of aliphatic hydroxyl groups is 1. The van der Waals surface area contributed by atoms with E-state index in [2.05, 4.69) is 22.2 Å². The van der Waals surface area contributed by atoms with Gasteiger partial charge in [0.15, 0.2) is 5.96 Å². The molecule has 0 aliphatic carbocycles. The molecule has 14 heavy (non-hydrogen) atoms. The van der Waals surface area contributed by atoms with Gasteiger partial charge in [0, 0.05) is 13.1 Å². The van der Waals surface area contributed by atoms with Gasteiger partial charge in [-0.15, -0.1) is 6.58 Å². The molecule has 0 bridgehead atoms. The first-order valence-electron chi connectivity index (χ1n) is 5.14. The Balaban J connectivity index is 2.04. The normalized spacial score (nSPS) is 20.9. The van der Waals surface area contributed by atoms with Crippen LogP contribution in [-0.4, -0.2) is 36.8 Å². The molecule has 1 aliphatic heterocycles. The molecule has 1 atom stereocenters. The van der Waals surface area contributed by atoms with E-state index >= 15 is 0 Å². The fourth-order valence-electron chi connectivity index (χ4n) is 1.27. The molecule has 0 aromatic rings. The summed E-state index contributed by atoms with van der Waals surface area (Å²) in [6.45, 7) is 5.70. The molecule has 0 saturated heterocycles. The molecule has 0 aromatic heterocycles. The predicted molar refractivity (Wildman–Crippen MR) is 58.4 cm³/mol. The lowest BCUT2D eigenvalue weighted by Crippen LogP contribution is -2.46. The van der Waals surface area contributed by atoms with Gasteiger partial charge >= 0.3 is 0 Å². The minimum atomic E-state index is -0.332. The Hall–Kier alpha value is -1.03. The molecule has 0 amide bonds. The van der Waals surface area contributed by atoms with Crippen molar-refractivity contribution in [3.63, 3.8) is 0 Å². The Morgan fingerprint density at radius 2 is 2.50 bits per heavy atom. The Labute approximate surface area is 85.1 Å². The molecule has 0 spiro atoms. The number of unbranched alkanes of at least 4 members (excludes halogenated alkanes) is 2. The topological polar surface area (TPSA) is 56.7 Å². The van der Waals surface area contributed by atoms with Crippen LogP contribution in [0.15, 0.2) is 17.6 Å². The zero-order valence-corrected chi connectivity index (χ0v) is 8.50. The van der Waals surface area contributed by atoms with E-state index in [9.17, 15) is 0 Å². The monoisotopic (exact) mass is 197 g/mol. The molecular formula is C10H19N3O. The summed E-state index contributed by atoms with van der Waals surface area (Å²) in [6.07, 6.45) is 4.95. The van der Waals surface area contributed by atoms with Crippen molar-refractivity contribution in [1.82, 2.24) is 10.6 Å². The molecule has 4 nitrogen and oxygen atoms in total. The highest BCUT2D eigenvalue weighted by Crippen LogP contribution is 1.94. The van der Waals surface area contributed by atoms with Gasteiger partial charge < -0.3 is 15.7 Å². The number of β-amino-alcohol motifs (C(OH)–C–C–N with tert-alkyl or cyclic N) is 1. The molecule has 1 unspecified atom stereocenters. The fourth-order valence-corrected chi connectivity index (χ4v) is 1.27. The maximum atomic E-state index is 9.16. The Morgan fingerprint density at radius 1 is 1.64 bits per heavy atom. The van der Waals surface area contributed by atoms with Crippen LogP contribution >= 0.6 is 0 Å². The highest BCUT2D eigenvalue weighted by molar-refractivity contribution is 5.80. The van der Waals surface area contributed by atoms with Gasteiger partial charge in [0.25, 0.3) is 0 Å². The first-order chi connectivity index (χ1) is 6.83. The van der Waals surface area contributed by atoms with Gasteiger partial charge in [-0.1, -0.05) is 6.08 Å². The lowest BCUT2D eigenvalue weighted by molar-refractivity contribution is 0.180. The maximum Gasteiger partial charge on any atom is 0.191 e. The lowest BCUT2D eigenvalue weighted by Gasteiger charge is -2.19. The third-order valence-electron chi connectivity index (χ3n) is 2.09. The van der Waals surface area contributed by atoms with Crippen molar-refractivity contribution < 1.29 is 5.11 Å². The van der Waals surface area contributed by atoms with Crippen LogP contribution in [0.1, 0.15) is 19.3 Å². The van der Waals surface area contributed by atoms with Crippen LogP contribution in [0, 0.1) is 0 Å². The first-order valence-corrected chi connectivity index (χ1v) is 5.14. The summed E-state index contributed by atoms with van der Waals surface area (Å²) in [5.41, 5.74) is 0. The average molecular weight is 197 g/mol. The number of allylic oxidation sites excluding steroid dienone is 1. The molecule has 0 radical (unpaired) electrons. The second kappa shape index (κ2) is 6.43. The summed E-state index contributed by atoms with van der Waals surface area (Å²) in [7, 11) is 0. The molecule has 0 saturated carbocycles. The number of rotatable bonds is 5. The van der Waals surface area contributed by atoms with Gasteiger partial charge in [-0.05, 0) is 19.3 Å². The average Bonchev–Trinajstić information content (AvgIpc) is 2.21. The number of aliphatic imine (C=N–C) groups is 1. The van der Waals surface area contributed by atoms with Crippen LogP contribution in [0.4, 0.5) is 0 Å². The Morgan fingerprint density at radius 3 is 3.14 bits per heavy atom. The van der Waals surface area contributed by atoms with Crippen LogP contribution in [0.5, 0.6) is 0 Å². The molecule has 1 rings (SSSR count). The van der Waals surface area contributed by atoms with Crippen LogP contribution in [-0.2, 0) is 0 Å². The molecule has 1 heterocycles. The quantitative estimate of drug-likeness (QED) is 0.437. The smallest absolute Gasteiger partial charge is 0.191 e. The van der Waals surface area contributed by atoms with Gasteiger partial charge in [-0.25, -0.2) is 0 Å². The van der Waals surface area contributed by atoms with E-state index in [0.29, 0.717) is 13.1 Å². The second-order valence-electron chi connectivity index (χ2n) is 3.44.